The summed E-state index contributed by atoms with van der Waals surface area (Å²) in [6.45, 7) is 0. The first-order valence-corrected chi connectivity index (χ1v) is 6.80. The molecule has 21 heavy (non-hydrogen) atoms. The third-order valence-corrected chi connectivity index (χ3v) is 3.93. The van der Waals surface area contributed by atoms with Crippen LogP contribution in [-0.2, 0) is 16.0 Å². The van der Waals surface area contributed by atoms with Gasteiger partial charge in [0.25, 0.3) is 0 Å². The van der Waals surface area contributed by atoms with Crippen LogP contribution in [0.5, 0.6) is 0 Å². The molecule has 110 valence electrons. The van der Waals surface area contributed by atoms with Crippen molar-refractivity contribution in [3.8, 4) is 0 Å². The van der Waals surface area contributed by atoms with Crippen LogP contribution in [0, 0.1) is 11.7 Å². The van der Waals surface area contributed by atoms with Gasteiger partial charge in [0, 0.05) is 23.1 Å². The van der Waals surface area contributed by atoms with Crippen molar-refractivity contribution in [3.63, 3.8) is 0 Å². The summed E-state index contributed by atoms with van der Waals surface area (Å²) < 4.78 is 13.1. The van der Waals surface area contributed by atoms with Gasteiger partial charge in [-0.25, -0.2) is 4.39 Å². The van der Waals surface area contributed by atoms with Gasteiger partial charge in [-0.05, 0) is 36.6 Å². The third kappa shape index (κ3) is 2.74. The molecular formula is C15H15FN2O3. The summed E-state index contributed by atoms with van der Waals surface area (Å²) >= 11 is 0. The van der Waals surface area contributed by atoms with E-state index < -0.39 is 5.97 Å². The average molecular weight is 290 g/mol. The van der Waals surface area contributed by atoms with Crippen molar-refractivity contribution in [2.45, 2.75) is 25.3 Å². The number of H-pyrrole nitrogens is 1. The topological polar surface area (TPSA) is 82.2 Å². The van der Waals surface area contributed by atoms with Crippen molar-refractivity contribution in [2.75, 3.05) is 0 Å². The molecule has 3 N–H and O–H groups in total. The summed E-state index contributed by atoms with van der Waals surface area (Å²) in [4.78, 5) is 25.6. The number of nitrogens with one attached hydrogen (secondary N) is 2. The highest BCUT2D eigenvalue weighted by atomic mass is 19.1. The lowest BCUT2D eigenvalue weighted by Crippen LogP contribution is -2.47. The van der Waals surface area contributed by atoms with Gasteiger partial charge in [0.2, 0.25) is 5.91 Å². The molecule has 1 saturated carbocycles. The SMILES string of the molecule is O=C(Cc1c[nH]c2cc(F)ccc12)NC1CC(C(=O)O)C1. The number of carbonyl (C=O) groups is 2. The first kappa shape index (κ1) is 13.6. The highest BCUT2D eigenvalue weighted by molar-refractivity contribution is 5.89. The number of carbonyl (C=O) groups excluding carboxylic acids is 1. The minimum Gasteiger partial charge on any atom is -0.481 e. The van der Waals surface area contributed by atoms with E-state index in [9.17, 15) is 14.0 Å². The van der Waals surface area contributed by atoms with Gasteiger partial charge in [0.05, 0.1) is 12.3 Å². The number of aliphatic carboxylic acids is 1. The molecule has 5 nitrogen and oxygen atoms in total. The number of aromatic nitrogens is 1. The predicted octanol–water partition coefficient (Wildman–Crippen LogP) is 1.83. The fraction of sp³-hybridized carbons (Fsp3) is 0.333. The van der Waals surface area contributed by atoms with E-state index in [0.29, 0.717) is 18.4 Å². The summed E-state index contributed by atoms with van der Waals surface area (Å²) in [5.41, 5.74) is 1.46. The van der Waals surface area contributed by atoms with Crippen LogP contribution >= 0.6 is 0 Å². The van der Waals surface area contributed by atoms with Gasteiger partial charge in [-0.2, -0.15) is 0 Å². The predicted molar refractivity (Wildman–Crippen MR) is 74.3 cm³/mol. The number of carboxylic acids is 1. The van der Waals surface area contributed by atoms with Gasteiger partial charge in [0.1, 0.15) is 5.82 Å². The number of rotatable bonds is 4. The van der Waals surface area contributed by atoms with Crippen LogP contribution in [0.1, 0.15) is 18.4 Å². The highest BCUT2D eigenvalue weighted by Gasteiger charge is 2.35. The Morgan fingerprint density at radius 2 is 2.14 bits per heavy atom. The molecule has 1 aromatic heterocycles. The fourth-order valence-corrected chi connectivity index (χ4v) is 2.69. The van der Waals surface area contributed by atoms with Crippen LogP contribution in [0.25, 0.3) is 10.9 Å². The molecule has 0 atom stereocenters. The van der Waals surface area contributed by atoms with Crippen LogP contribution in [0.15, 0.2) is 24.4 Å². The molecule has 1 heterocycles. The Balaban J connectivity index is 1.61. The molecule has 0 bridgehead atoms. The lowest BCUT2D eigenvalue weighted by molar-refractivity contribution is -0.146. The molecule has 0 aliphatic heterocycles. The second kappa shape index (κ2) is 5.20. The van der Waals surface area contributed by atoms with Crippen LogP contribution < -0.4 is 5.32 Å². The van der Waals surface area contributed by atoms with E-state index in [-0.39, 0.29) is 30.1 Å². The molecule has 0 radical (unpaired) electrons. The zero-order valence-corrected chi connectivity index (χ0v) is 11.2. The molecule has 1 fully saturated rings. The van der Waals surface area contributed by atoms with Crippen molar-refractivity contribution in [2.24, 2.45) is 5.92 Å². The van der Waals surface area contributed by atoms with Gasteiger partial charge in [-0.1, -0.05) is 0 Å². The van der Waals surface area contributed by atoms with E-state index in [1.807, 2.05) is 0 Å². The zero-order chi connectivity index (χ0) is 15.0. The van der Waals surface area contributed by atoms with Crippen LogP contribution in [0.2, 0.25) is 0 Å². The second-order valence-electron chi connectivity index (χ2n) is 5.45. The summed E-state index contributed by atoms with van der Waals surface area (Å²) in [7, 11) is 0. The Bertz CT molecular complexity index is 704. The lowest BCUT2D eigenvalue weighted by atomic mass is 9.80. The zero-order valence-electron chi connectivity index (χ0n) is 11.2. The number of aromatic amines is 1. The summed E-state index contributed by atoms with van der Waals surface area (Å²) in [5.74, 6) is -1.62. The highest BCUT2D eigenvalue weighted by Crippen LogP contribution is 2.27. The normalized spacial score (nSPS) is 21.0. The van der Waals surface area contributed by atoms with E-state index in [1.165, 1.54) is 12.1 Å². The Morgan fingerprint density at radius 1 is 1.38 bits per heavy atom. The molecule has 1 aliphatic carbocycles. The molecule has 6 heteroatoms. The molecule has 0 saturated heterocycles. The lowest BCUT2D eigenvalue weighted by Gasteiger charge is -2.32. The van der Waals surface area contributed by atoms with E-state index in [1.54, 1.807) is 12.3 Å². The molecule has 0 unspecified atom stereocenters. The first-order chi connectivity index (χ1) is 10.0. The minimum absolute atomic E-state index is 0.0544. The van der Waals surface area contributed by atoms with E-state index >= 15 is 0 Å². The van der Waals surface area contributed by atoms with Crippen molar-refractivity contribution < 1.29 is 19.1 Å². The Kier molecular flexibility index (Phi) is 3.37. The number of benzene rings is 1. The summed E-state index contributed by atoms with van der Waals surface area (Å²) in [6.07, 6.45) is 2.87. The Labute approximate surface area is 120 Å². The number of hydrogen-bond acceptors (Lipinski definition) is 2. The van der Waals surface area contributed by atoms with Gasteiger partial charge in [-0.15, -0.1) is 0 Å². The second-order valence-corrected chi connectivity index (χ2v) is 5.45. The summed E-state index contributed by atoms with van der Waals surface area (Å²) in [5, 5.41) is 12.4. The molecule has 1 aliphatic rings. The van der Waals surface area contributed by atoms with Crippen molar-refractivity contribution in [3.05, 3.63) is 35.8 Å². The van der Waals surface area contributed by atoms with E-state index in [2.05, 4.69) is 10.3 Å². The third-order valence-electron chi connectivity index (χ3n) is 3.93. The van der Waals surface area contributed by atoms with Gasteiger partial charge >= 0.3 is 5.97 Å². The number of amides is 1. The first-order valence-electron chi connectivity index (χ1n) is 6.80. The average Bonchev–Trinajstić information content (AvgIpc) is 2.75. The van der Waals surface area contributed by atoms with Crippen molar-refractivity contribution in [1.29, 1.82) is 0 Å². The Hall–Kier alpha value is -2.37. The largest absolute Gasteiger partial charge is 0.481 e. The quantitative estimate of drug-likeness (QED) is 0.803. The molecule has 0 spiro atoms. The minimum atomic E-state index is -0.806. The van der Waals surface area contributed by atoms with Crippen molar-refractivity contribution >= 4 is 22.8 Å². The fourth-order valence-electron chi connectivity index (χ4n) is 2.69. The molecule has 1 aromatic carbocycles. The molecule has 1 amide bonds. The van der Waals surface area contributed by atoms with E-state index in [4.69, 9.17) is 5.11 Å². The van der Waals surface area contributed by atoms with E-state index in [0.717, 1.165) is 10.9 Å². The maximum Gasteiger partial charge on any atom is 0.306 e. The van der Waals surface area contributed by atoms with Crippen molar-refractivity contribution in [1.82, 2.24) is 10.3 Å². The number of halogens is 1. The number of hydrogen-bond donors (Lipinski definition) is 3. The van der Waals surface area contributed by atoms with Crippen LogP contribution in [0.3, 0.4) is 0 Å². The standard InChI is InChI=1S/C15H15FN2O3/c16-10-1-2-12-9(7-17-13(12)6-10)5-14(19)18-11-3-8(4-11)15(20)21/h1-2,6-8,11,17H,3-5H2,(H,18,19)(H,20,21). The van der Waals surface area contributed by atoms with Gasteiger partial charge in [0.15, 0.2) is 0 Å². The Morgan fingerprint density at radius 3 is 2.86 bits per heavy atom. The smallest absolute Gasteiger partial charge is 0.306 e. The molecular weight excluding hydrogens is 275 g/mol. The number of carboxylic acid groups (broad SMARTS) is 1. The number of fused-ring (bicyclic) bond motifs is 1. The molecule has 2 aromatic rings. The van der Waals surface area contributed by atoms with Gasteiger partial charge in [-0.3, -0.25) is 9.59 Å². The van der Waals surface area contributed by atoms with Crippen LogP contribution in [-0.4, -0.2) is 28.0 Å². The maximum absolute atomic E-state index is 13.1. The van der Waals surface area contributed by atoms with Gasteiger partial charge < -0.3 is 15.4 Å². The monoisotopic (exact) mass is 290 g/mol. The van der Waals surface area contributed by atoms with Crippen LogP contribution in [0.4, 0.5) is 4.39 Å². The molecule has 3 rings (SSSR count). The summed E-state index contributed by atoms with van der Waals surface area (Å²) in [6, 6.07) is 4.34. The maximum atomic E-state index is 13.1.